The standard InChI is InChI=1S/C33H49N5O/c1-5-7-16-36(17-8-6-2)30-11-9-10-29(26-30)33(39)15-13-28-12-14-31(37-22-18-34(3)19-23-37)27-32(28)38-24-20-35(4)21-25-38/h9-15,26-27H,5-8,16-25H2,1-4H3/b15-13+. The normalized spacial score (nSPS) is 17.2. The minimum atomic E-state index is 0.0651. The van der Waals surface area contributed by atoms with Crippen LogP contribution in [0.2, 0.25) is 0 Å². The Morgan fingerprint density at radius 1 is 0.795 bits per heavy atom. The van der Waals surface area contributed by atoms with Gasteiger partial charge in [-0.05, 0) is 68.9 Å². The molecular weight excluding hydrogens is 482 g/mol. The van der Waals surface area contributed by atoms with E-state index in [-0.39, 0.29) is 5.78 Å². The van der Waals surface area contributed by atoms with E-state index in [1.54, 1.807) is 6.08 Å². The molecule has 0 bridgehead atoms. The molecule has 0 aliphatic carbocycles. The third-order valence-corrected chi connectivity index (χ3v) is 8.20. The first kappa shape index (κ1) is 29.2. The van der Waals surface area contributed by atoms with Crippen molar-refractivity contribution in [1.29, 1.82) is 0 Å². The van der Waals surface area contributed by atoms with Crippen LogP contribution in [-0.4, -0.2) is 95.1 Å². The lowest BCUT2D eigenvalue weighted by atomic mass is 10.0. The maximum Gasteiger partial charge on any atom is 0.185 e. The summed E-state index contributed by atoms with van der Waals surface area (Å²) in [5.41, 5.74) is 5.56. The average Bonchev–Trinajstić information content (AvgIpc) is 2.97. The highest BCUT2D eigenvalue weighted by Crippen LogP contribution is 2.30. The van der Waals surface area contributed by atoms with Crippen LogP contribution in [0.3, 0.4) is 0 Å². The first-order chi connectivity index (χ1) is 19.0. The SMILES string of the molecule is CCCCN(CCCC)c1cccc(C(=O)/C=C/c2ccc(N3CCN(C)CC3)cc2N2CCN(C)CC2)c1. The Hall–Kier alpha value is -2.83. The summed E-state index contributed by atoms with van der Waals surface area (Å²) in [5.74, 6) is 0.0651. The lowest BCUT2D eigenvalue weighted by Crippen LogP contribution is -2.45. The van der Waals surface area contributed by atoms with E-state index in [2.05, 4.69) is 82.8 Å². The van der Waals surface area contributed by atoms with Gasteiger partial charge in [0.1, 0.15) is 0 Å². The molecule has 2 aromatic carbocycles. The van der Waals surface area contributed by atoms with Crippen molar-refractivity contribution >= 4 is 28.9 Å². The molecule has 6 nitrogen and oxygen atoms in total. The first-order valence-electron chi connectivity index (χ1n) is 15.1. The van der Waals surface area contributed by atoms with Crippen LogP contribution >= 0.6 is 0 Å². The topological polar surface area (TPSA) is 33.3 Å². The number of unbranched alkanes of at least 4 members (excludes halogenated alkanes) is 2. The van der Waals surface area contributed by atoms with Gasteiger partial charge in [0, 0.05) is 88.1 Å². The highest BCUT2D eigenvalue weighted by atomic mass is 16.1. The monoisotopic (exact) mass is 531 g/mol. The number of likely N-dealkylation sites (N-methyl/N-ethyl adjacent to an activating group) is 2. The minimum Gasteiger partial charge on any atom is -0.372 e. The summed E-state index contributed by atoms with van der Waals surface area (Å²) in [4.78, 5) is 25.6. The Balaban J connectivity index is 1.55. The fourth-order valence-electron chi connectivity index (χ4n) is 5.44. The lowest BCUT2D eigenvalue weighted by molar-refractivity contribution is 0.104. The van der Waals surface area contributed by atoms with Crippen LogP contribution in [0.1, 0.15) is 55.5 Å². The van der Waals surface area contributed by atoms with Crippen molar-refractivity contribution in [1.82, 2.24) is 9.80 Å². The molecule has 2 aliphatic heterocycles. The van der Waals surface area contributed by atoms with Gasteiger partial charge in [-0.3, -0.25) is 4.79 Å². The number of hydrogen-bond acceptors (Lipinski definition) is 6. The van der Waals surface area contributed by atoms with Crippen LogP contribution in [0.4, 0.5) is 17.1 Å². The molecule has 2 fully saturated rings. The van der Waals surface area contributed by atoms with Gasteiger partial charge < -0.3 is 24.5 Å². The molecule has 212 valence electrons. The van der Waals surface area contributed by atoms with Gasteiger partial charge in [-0.1, -0.05) is 44.9 Å². The molecule has 0 saturated carbocycles. The van der Waals surface area contributed by atoms with Crippen LogP contribution in [-0.2, 0) is 0 Å². The van der Waals surface area contributed by atoms with Gasteiger partial charge in [0.05, 0.1) is 0 Å². The Bertz CT molecular complexity index is 1080. The first-order valence-corrected chi connectivity index (χ1v) is 15.1. The van der Waals surface area contributed by atoms with Crippen molar-refractivity contribution in [3.8, 4) is 0 Å². The molecule has 2 aromatic rings. The third-order valence-electron chi connectivity index (χ3n) is 8.20. The second kappa shape index (κ2) is 14.5. The van der Waals surface area contributed by atoms with E-state index in [1.807, 2.05) is 18.2 Å². The number of ketones is 1. The van der Waals surface area contributed by atoms with Gasteiger partial charge >= 0.3 is 0 Å². The number of benzene rings is 2. The minimum absolute atomic E-state index is 0.0651. The molecule has 0 atom stereocenters. The van der Waals surface area contributed by atoms with Crippen molar-refractivity contribution in [3.63, 3.8) is 0 Å². The van der Waals surface area contributed by atoms with E-state index in [4.69, 9.17) is 0 Å². The number of nitrogens with zero attached hydrogens (tertiary/aromatic N) is 5. The predicted molar refractivity (Wildman–Crippen MR) is 168 cm³/mol. The summed E-state index contributed by atoms with van der Waals surface area (Å²) in [7, 11) is 4.39. The van der Waals surface area contributed by atoms with Gasteiger partial charge in [0.2, 0.25) is 0 Å². The molecule has 2 heterocycles. The van der Waals surface area contributed by atoms with E-state index < -0.39 is 0 Å². The van der Waals surface area contributed by atoms with E-state index in [9.17, 15) is 4.79 Å². The van der Waals surface area contributed by atoms with E-state index in [0.717, 1.165) is 82.3 Å². The zero-order valence-electron chi connectivity index (χ0n) is 24.7. The van der Waals surface area contributed by atoms with Crippen molar-refractivity contribution in [2.75, 3.05) is 94.2 Å². The largest absolute Gasteiger partial charge is 0.372 e. The number of anilines is 3. The Morgan fingerprint density at radius 3 is 2.03 bits per heavy atom. The lowest BCUT2D eigenvalue weighted by Gasteiger charge is -2.37. The second-order valence-electron chi connectivity index (χ2n) is 11.3. The highest BCUT2D eigenvalue weighted by Gasteiger charge is 2.20. The van der Waals surface area contributed by atoms with Gasteiger partial charge in [0.15, 0.2) is 5.78 Å². The van der Waals surface area contributed by atoms with Crippen LogP contribution in [0, 0.1) is 0 Å². The molecule has 4 rings (SSSR count). The molecular formula is C33H49N5O. The second-order valence-corrected chi connectivity index (χ2v) is 11.3. The summed E-state index contributed by atoms with van der Waals surface area (Å²) in [6, 6.07) is 15.0. The summed E-state index contributed by atoms with van der Waals surface area (Å²) in [5, 5.41) is 0. The molecule has 2 saturated heterocycles. The van der Waals surface area contributed by atoms with Crippen LogP contribution in [0.5, 0.6) is 0 Å². The Labute approximate surface area is 236 Å². The van der Waals surface area contributed by atoms with Crippen molar-refractivity contribution in [3.05, 3.63) is 59.7 Å². The number of rotatable bonds is 12. The summed E-state index contributed by atoms with van der Waals surface area (Å²) in [6.07, 6.45) is 8.48. The van der Waals surface area contributed by atoms with Crippen molar-refractivity contribution < 1.29 is 4.79 Å². The van der Waals surface area contributed by atoms with E-state index in [0.29, 0.717) is 0 Å². The number of carbonyl (C=O) groups excluding carboxylic acids is 1. The zero-order valence-corrected chi connectivity index (χ0v) is 24.7. The average molecular weight is 532 g/mol. The van der Waals surface area contributed by atoms with Gasteiger partial charge in [-0.15, -0.1) is 0 Å². The van der Waals surface area contributed by atoms with Crippen LogP contribution < -0.4 is 14.7 Å². The highest BCUT2D eigenvalue weighted by molar-refractivity contribution is 6.07. The Morgan fingerprint density at radius 2 is 1.41 bits per heavy atom. The van der Waals surface area contributed by atoms with Crippen LogP contribution in [0.15, 0.2) is 48.5 Å². The van der Waals surface area contributed by atoms with E-state index in [1.165, 1.54) is 37.1 Å². The van der Waals surface area contributed by atoms with Crippen molar-refractivity contribution in [2.24, 2.45) is 0 Å². The summed E-state index contributed by atoms with van der Waals surface area (Å²) >= 11 is 0. The fraction of sp³-hybridized carbons (Fsp3) is 0.545. The number of carbonyl (C=O) groups is 1. The molecule has 2 aliphatic rings. The molecule has 0 aromatic heterocycles. The van der Waals surface area contributed by atoms with Gasteiger partial charge in [-0.25, -0.2) is 0 Å². The molecule has 0 N–H and O–H groups in total. The van der Waals surface area contributed by atoms with Crippen molar-refractivity contribution in [2.45, 2.75) is 39.5 Å². The molecule has 0 unspecified atom stereocenters. The quantitative estimate of drug-likeness (QED) is 0.266. The van der Waals surface area contributed by atoms with Crippen LogP contribution in [0.25, 0.3) is 6.08 Å². The maximum absolute atomic E-state index is 13.4. The molecule has 39 heavy (non-hydrogen) atoms. The van der Waals surface area contributed by atoms with E-state index >= 15 is 0 Å². The predicted octanol–water partition coefficient (Wildman–Crippen LogP) is 5.49. The zero-order chi connectivity index (χ0) is 27.6. The third kappa shape index (κ3) is 8.09. The number of allylic oxidation sites excluding steroid dienone is 1. The van der Waals surface area contributed by atoms with Gasteiger partial charge in [0.25, 0.3) is 0 Å². The maximum atomic E-state index is 13.4. The smallest absolute Gasteiger partial charge is 0.185 e. The Kier molecular flexibility index (Phi) is 10.9. The molecule has 0 amide bonds. The summed E-state index contributed by atoms with van der Waals surface area (Å²) in [6.45, 7) is 15.0. The molecule has 6 heteroatoms. The molecule has 0 spiro atoms. The number of hydrogen-bond donors (Lipinski definition) is 0. The fourth-order valence-corrected chi connectivity index (χ4v) is 5.44. The van der Waals surface area contributed by atoms with Gasteiger partial charge in [-0.2, -0.15) is 0 Å². The number of piperazine rings is 2. The summed E-state index contributed by atoms with van der Waals surface area (Å²) < 4.78 is 0. The molecule has 0 radical (unpaired) electrons.